The van der Waals surface area contributed by atoms with Crippen molar-refractivity contribution in [2.45, 2.75) is 11.1 Å². The number of aromatic nitrogens is 3. The van der Waals surface area contributed by atoms with Gasteiger partial charge in [-0.05, 0) is 48.5 Å². The van der Waals surface area contributed by atoms with E-state index in [1.165, 1.54) is 42.7 Å². The first-order chi connectivity index (χ1) is 14.1. The zero-order valence-electron chi connectivity index (χ0n) is 15.6. The third-order valence-electron chi connectivity index (χ3n) is 4.32. The van der Waals surface area contributed by atoms with Crippen molar-refractivity contribution in [3.05, 3.63) is 54.2 Å². The molecule has 156 valence electrons. The van der Waals surface area contributed by atoms with Crippen molar-refractivity contribution in [3.63, 3.8) is 0 Å². The molecule has 0 saturated heterocycles. The number of hydrogen-bond donors (Lipinski definition) is 0. The van der Waals surface area contributed by atoms with Gasteiger partial charge in [0.25, 0.3) is 0 Å². The number of sulfone groups is 1. The minimum atomic E-state index is -4.65. The fraction of sp³-hybridized carbons (Fsp3) is 0.158. The smallest absolute Gasteiger partial charge is 0.435 e. The summed E-state index contributed by atoms with van der Waals surface area (Å²) in [6.07, 6.45) is -3.59. The van der Waals surface area contributed by atoms with Crippen molar-refractivity contribution in [1.82, 2.24) is 14.8 Å². The number of rotatable bonds is 4. The lowest BCUT2D eigenvalue weighted by atomic mass is 10.3. The van der Waals surface area contributed by atoms with E-state index in [4.69, 9.17) is 4.74 Å². The maximum atomic E-state index is 13.3. The first kappa shape index (κ1) is 20.4. The number of hydrogen-bond acceptors (Lipinski definition) is 6. The molecule has 0 radical (unpaired) electrons. The quantitative estimate of drug-likeness (QED) is 0.452. The molecule has 0 aliphatic carbocycles. The van der Waals surface area contributed by atoms with Gasteiger partial charge in [0.2, 0.25) is 0 Å². The van der Waals surface area contributed by atoms with E-state index in [2.05, 4.69) is 10.1 Å². The molecule has 0 N–H and O–H groups in total. The van der Waals surface area contributed by atoms with Gasteiger partial charge in [-0.3, -0.25) is 0 Å². The third-order valence-corrected chi connectivity index (χ3v) is 6.49. The highest BCUT2D eigenvalue weighted by molar-refractivity contribution is 7.90. The van der Waals surface area contributed by atoms with Crippen LogP contribution in [0.4, 0.5) is 13.2 Å². The Hall–Kier alpha value is -2.92. The van der Waals surface area contributed by atoms with Crippen LogP contribution in [0.5, 0.6) is 5.75 Å². The summed E-state index contributed by atoms with van der Waals surface area (Å²) in [6.45, 7) is 0. The third kappa shape index (κ3) is 3.77. The predicted octanol–water partition coefficient (Wildman–Crippen LogP) is 4.58. The van der Waals surface area contributed by atoms with Crippen LogP contribution in [-0.4, -0.2) is 36.5 Å². The van der Waals surface area contributed by atoms with Gasteiger partial charge in [0, 0.05) is 6.26 Å². The van der Waals surface area contributed by atoms with E-state index in [1.807, 2.05) is 0 Å². The molecule has 0 aliphatic heterocycles. The molecular weight excluding hydrogens is 439 g/mol. The van der Waals surface area contributed by atoms with Gasteiger partial charge in [-0.25, -0.2) is 18.1 Å². The SMILES string of the molecule is COc1ccc2nc(-c3cc(C(F)(F)F)nn3-c3ccc(S(C)(=O)=O)cc3)sc2c1. The van der Waals surface area contributed by atoms with Gasteiger partial charge in [-0.1, -0.05) is 0 Å². The molecule has 4 rings (SSSR count). The van der Waals surface area contributed by atoms with Crippen molar-refractivity contribution in [2.24, 2.45) is 0 Å². The fourth-order valence-corrected chi connectivity index (χ4v) is 4.47. The molecule has 0 fully saturated rings. The Bertz CT molecular complexity index is 1340. The summed E-state index contributed by atoms with van der Waals surface area (Å²) in [6, 6.07) is 11.6. The van der Waals surface area contributed by atoms with Crippen molar-refractivity contribution < 1.29 is 26.3 Å². The molecule has 2 aromatic carbocycles. The van der Waals surface area contributed by atoms with E-state index in [0.717, 1.165) is 21.7 Å². The molecule has 4 aromatic rings. The summed E-state index contributed by atoms with van der Waals surface area (Å²) in [5.41, 5.74) is -0.0228. The summed E-state index contributed by atoms with van der Waals surface area (Å²) in [4.78, 5) is 4.49. The molecule has 11 heteroatoms. The van der Waals surface area contributed by atoms with Crippen molar-refractivity contribution in [1.29, 1.82) is 0 Å². The van der Waals surface area contributed by atoms with E-state index in [0.29, 0.717) is 16.3 Å². The first-order valence-electron chi connectivity index (χ1n) is 8.49. The Morgan fingerprint density at radius 3 is 2.37 bits per heavy atom. The highest BCUT2D eigenvalue weighted by atomic mass is 32.2. The molecule has 0 atom stereocenters. The van der Waals surface area contributed by atoms with Gasteiger partial charge in [-0.2, -0.15) is 18.3 Å². The summed E-state index contributed by atoms with van der Waals surface area (Å²) >= 11 is 1.20. The number of benzene rings is 2. The summed E-state index contributed by atoms with van der Waals surface area (Å²) in [5.74, 6) is 0.610. The fourth-order valence-electron chi connectivity index (χ4n) is 2.84. The molecule has 6 nitrogen and oxygen atoms in total. The van der Waals surface area contributed by atoms with Crippen LogP contribution >= 0.6 is 11.3 Å². The molecular formula is C19H14F3N3O3S2. The first-order valence-corrected chi connectivity index (χ1v) is 11.2. The Balaban J connectivity index is 1.88. The average molecular weight is 453 g/mol. The number of nitrogens with zero attached hydrogens (tertiary/aromatic N) is 3. The minimum Gasteiger partial charge on any atom is -0.497 e. The van der Waals surface area contributed by atoms with Crippen LogP contribution < -0.4 is 4.74 Å². The van der Waals surface area contributed by atoms with Crippen LogP contribution in [0.2, 0.25) is 0 Å². The molecule has 2 aromatic heterocycles. The van der Waals surface area contributed by atoms with Crippen molar-refractivity contribution in [3.8, 4) is 22.1 Å². The van der Waals surface area contributed by atoms with Crippen LogP contribution in [0.3, 0.4) is 0 Å². The van der Waals surface area contributed by atoms with Gasteiger partial charge in [0.05, 0.1) is 27.9 Å². The zero-order valence-corrected chi connectivity index (χ0v) is 17.3. The van der Waals surface area contributed by atoms with Gasteiger partial charge >= 0.3 is 6.18 Å². The predicted molar refractivity (Wildman–Crippen MR) is 107 cm³/mol. The van der Waals surface area contributed by atoms with Gasteiger partial charge < -0.3 is 4.74 Å². The molecule has 30 heavy (non-hydrogen) atoms. The van der Waals surface area contributed by atoms with Crippen LogP contribution in [0, 0.1) is 0 Å². The minimum absolute atomic E-state index is 0.0584. The Morgan fingerprint density at radius 1 is 1.07 bits per heavy atom. The molecule has 0 spiro atoms. The standard InChI is InChI=1S/C19H14F3N3O3S2/c1-28-12-5-8-14-16(9-12)29-18(23-14)15-10-17(19(20,21)22)24-25(15)11-3-6-13(7-4-11)30(2,26)27/h3-10H,1-2H3. The largest absolute Gasteiger partial charge is 0.497 e. The molecule has 0 saturated carbocycles. The van der Waals surface area contributed by atoms with Crippen molar-refractivity contribution in [2.75, 3.05) is 13.4 Å². The normalized spacial score (nSPS) is 12.4. The number of thiazole rings is 1. The molecule has 0 bridgehead atoms. The van der Waals surface area contributed by atoms with Crippen molar-refractivity contribution >= 4 is 31.4 Å². The van der Waals surface area contributed by atoms with E-state index >= 15 is 0 Å². The Labute approximate surface area is 173 Å². The molecule has 0 amide bonds. The second kappa shape index (κ2) is 7.10. The number of alkyl halides is 3. The van der Waals surface area contributed by atoms with Gasteiger partial charge in [-0.15, -0.1) is 11.3 Å². The highest BCUT2D eigenvalue weighted by Crippen LogP contribution is 2.37. The lowest BCUT2D eigenvalue weighted by Crippen LogP contribution is -2.07. The van der Waals surface area contributed by atoms with Crippen LogP contribution in [0.15, 0.2) is 53.4 Å². The second-order valence-corrected chi connectivity index (χ2v) is 9.49. The monoisotopic (exact) mass is 453 g/mol. The highest BCUT2D eigenvalue weighted by Gasteiger charge is 2.35. The van der Waals surface area contributed by atoms with Crippen LogP contribution in [0.1, 0.15) is 5.69 Å². The lowest BCUT2D eigenvalue weighted by Gasteiger charge is -2.07. The molecule has 2 heterocycles. The van der Waals surface area contributed by atoms with E-state index in [9.17, 15) is 21.6 Å². The zero-order chi connectivity index (χ0) is 21.7. The Kier molecular flexibility index (Phi) is 4.82. The van der Waals surface area contributed by atoms with Crippen LogP contribution in [0.25, 0.3) is 26.6 Å². The van der Waals surface area contributed by atoms with Gasteiger partial charge in [0.1, 0.15) is 16.5 Å². The number of ether oxygens (including phenoxy) is 1. The summed E-state index contributed by atoms with van der Waals surface area (Å²) < 4.78 is 70.4. The second-order valence-electron chi connectivity index (χ2n) is 6.44. The number of methoxy groups -OCH3 is 1. The molecule has 0 unspecified atom stereocenters. The van der Waals surface area contributed by atoms with Gasteiger partial charge in [0.15, 0.2) is 15.5 Å². The summed E-state index contributed by atoms with van der Waals surface area (Å²) in [7, 11) is -1.92. The average Bonchev–Trinajstić information content (AvgIpc) is 3.30. The number of halogens is 3. The van der Waals surface area contributed by atoms with Crippen LogP contribution in [-0.2, 0) is 16.0 Å². The maximum Gasteiger partial charge on any atom is 0.435 e. The Morgan fingerprint density at radius 2 is 1.77 bits per heavy atom. The topological polar surface area (TPSA) is 74.1 Å². The van der Waals surface area contributed by atoms with E-state index < -0.39 is 21.7 Å². The van der Waals surface area contributed by atoms with E-state index in [-0.39, 0.29) is 16.3 Å². The summed E-state index contributed by atoms with van der Waals surface area (Å²) in [5, 5.41) is 4.05. The van der Waals surface area contributed by atoms with E-state index in [1.54, 1.807) is 18.2 Å². The molecule has 0 aliphatic rings. The lowest BCUT2D eigenvalue weighted by molar-refractivity contribution is -0.141. The number of fused-ring (bicyclic) bond motifs is 1. The maximum absolute atomic E-state index is 13.3.